The number of fused-ring (bicyclic) bond motifs is 1. The van der Waals surface area contributed by atoms with Crippen molar-refractivity contribution >= 4 is 5.78 Å². The molecule has 1 aliphatic carbocycles. The van der Waals surface area contributed by atoms with Crippen molar-refractivity contribution in [3.63, 3.8) is 0 Å². The van der Waals surface area contributed by atoms with Gasteiger partial charge in [0.25, 0.3) is 0 Å². The van der Waals surface area contributed by atoms with Crippen LogP contribution in [0.1, 0.15) is 34.8 Å². The molecule has 0 aliphatic heterocycles. The number of hydrogen-bond acceptors (Lipinski definition) is 1. The molecule has 0 fully saturated rings. The molecule has 0 heterocycles. The van der Waals surface area contributed by atoms with Gasteiger partial charge in [0.05, 0.1) is 5.92 Å². The minimum absolute atomic E-state index is 0.255. The third-order valence-corrected chi connectivity index (χ3v) is 4.47. The zero-order valence-electron chi connectivity index (χ0n) is 13.2. The molecule has 146 valence electrons. The molecule has 1 aromatic carbocycles. The van der Waals surface area contributed by atoms with Crippen LogP contribution in [0.3, 0.4) is 0 Å². The molecule has 1 nitrogen and oxygen atoms in total. The van der Waals surface area contributed by atoms with E-state index in [-0.39, 0.29) is 17.5 Å². The largest absolute Gasteiger partial charge is 0.460 e. The molecule has 0 aromatic heterocycles. The molecule has 1 aromatic rings. The number of carbonyl (C=O) groups excluding carboxylic acids is 1. The maximum Gasteiger partial charge on any atom is 0.460 e. The van der Waals surface area contributed by atoms with Crippen molar-refractivity contribution in [3.8, 4) is 0 Å². The Balaban J connectivity index is 2.48. The predicted octanol–water partition coefficient (Wildman–Crippen LogP) is 5.46. The second-order valence-corrected chi connectivity index (χ2v) is 6.07. The highest BCUT2D eigenvalue weighted by Gasteiger charge is 2.83. The number of carbonyl (C=O) groups is 1. The van der Waals surface area contributed by atoms with Gasteiger partial charge in [-0.15, -0.1) is 0 Å². The number of benzene rings is 1. The van der Waals surface area contributed by atoms with Crippen molar-refractivity contribution in [2.24, 2.45) is 5.92 Å². The van der Waals surface area contributed by atoms with Gasteiger partial charge in [-0.05, 0) is 36.5 Å². The molecule has 2 rings (SSSR count). The van der Waals surface area contributed by atoms with Crippen molar-refractivity contribution in [3.05, 3.63) is 34.9 Å². The van der Waals surface area contributed by atoms with Crippen LogP contribution in [0.2, 0.25) is 0 Å². The Hall–Kier alpha value is -1.74. The predicted molar refractivity (Wildman–Crippen MR) is 72.9 cm³/mol. The fraction of sp³-hybridized carbons (Fsp3) is 0.562. The normalized spacial score (nSPS) is 19.5. The van der Waals surface area contributed by atoms with Crippen LogP contribution in [0.4, 0.5) is 39.5 Å². The maximum absolute atomic E-state index is 14.1. The van der Waals surface area contributed by atoms with Gasteiger partial charge in [0.2, 0.25) is 0 Å². The second kappa shape index (κ2) is 6.16. The molecule has 0 N–H and O–H groups in total. The third kappa shape index (κ3) is 2.87. The zero-order chi connectivity index (χ0) is 20.1. The number of alkyl halides is 9. The van der Waals surface area contributed by atoms with Gasteiger partial charge in [-0.25, -0.2) is 0 Å². The third-order valence-electron chi connectivity index (χ3n) is 4.47. The molecule has 26 heavy (non-hydrogen) atoms. The van der Waals surface area contributed by atoms with Crippen LogP contribution >= 0.6 is 0 Å². The van der Waals surface area contributed by atoms with E-state index in [0.717, 1.165) is 0 Å². The van der Waals surface area contributed by atoms with Gasteiger partial charge < -0.3 is 0 Å². The van der Waals surface area contributed by atoms with Gasteiger partial charge >= 0.3 is 23.9 Å². The molecular formula is C16H13F9O. The summed E-state index contributed by atoms with van der Waals surface area (Å²) in [5.41, 5.74) is 0.407. The fourth-order valence-electron chi connectivity index (χ4n) is 2.86. The van der Waals surface area contributed by atoms with Crippen molar-refractivity contribution in [2.75, 3.05) is 0 Å². The number of rotatable bonds is 4. The van der Waals surface area contributed by atoms with Gasteiger partial charge in [-0.3, -0.25) is 4.79 Å². The summed E-state index contributed by atoms with van der Waals surface area (Å²) in [5.74, 6) is -24.2. The van der Waals surface area contributed by atoms with Crippen molar-refractivity contribution in [2.45, 2.75) is 50.1 Å². The van der Waals surface area contributed by atoms with Crippen LogP contribution in [-0.2, 0) is 12.8 Å². The Labute approximate surface area is 142 Å². The van der Waals surface area contributed by atoms with E-state index in [0.29, 0.717) is 12.0 Å². The van der Waals surface area contributed by atoms with Gasteiger partial charge in [0.1, 0.15) is 0 Å². The van der Waals surface area contributed by atoms with Crippen LogP contribution in [0.15, 0.2) is 18.2 Å². The Kier molecular flexibility index (Phi) is 4.87. The average molecular weight is 392 g/mol. The summed E-state index contributed by atoms with van der Waals surface area (Å²) in [6, 6.07) is 4.17. The molecule has 0 bridgehead atoms. The lowest BCUT2D eigenvalue weighted by Crippen LogP contribution is -2.64. The SMILES string of the molecule is CCc1ccc2c(c1)C(=O)C(C(F)(F)C(F)(F)C(F)(F)C(F)(F)F)CC2. The number of Topliss-reactive ketones (excluding diaryl/α,β-unsaturated/α-hetero) is 1. The molecule has 0 spiro atoms. The highest BCUT2D eigenvalue weighted by molar-refractivity contribution is 6.01. The summed E-state index contributed by atoms with van der Waals surface area (Å²) < 4.78 is 118. The summed E-state index contributed by atoms with van der Waals surface area (Å²) in [6.07, 6.45) is -7.80. The van der Waals surface area contributed by atoms with Gasteiger partial charge in [0.15, 0.2) is 5.78 Å². The number of hydrogen-bond donors (Lipinski definition) is 0. The van der Waals surface area contributed by atoms with Crippen LogP contribution in [0, 0.1) is 5.92 Å². The molecule has 1 aliphatic rings. The summed E-state index contributed by atoms with van der Waals surface area (Å²) in [6.45, 7) is 1.67. The first-order valence-electron chi connectivity index (χ1n) is 7.54. The lowest BCUT2D eigenvalue weighted by atomic mass is 9.76. The molecule has 0 saturated carbocycles. The van der Waals surface area contributed by atoms with E-state index in [1.807, 2.05) is 0 Å². The summed E-state index contributed by atoms with van der Waals surface area (Å²) in [4.78, 5) is 12.2. The smallest absolute Gasteiger partial charge is 0.294 e. The minimum Gasteiger partial charge on any atom is -0.294 e. The zero-order valence-corrected chi connectivity index (χ0v) is 13.2. The topological polar surface area (TPSA) is 17.1 Å². The quantitative estimate of drug-likeness (QED) is 0.622. The molecule has 1 atom stereocenters. The summed E-state index contributed by atoms with van der Waals surface area (Å²) in [5, 5.41) is 0. The molecule has 10 heteroatoms. The van der Waals surface area contributed by atoms with Crippen molar-refractivity contribution in [1.82, 2.24) is 0 Å². The molecule has 0 radical (unpaired) electrons. The Morgan fingerprint density at radius 2 is 1.54 bits per heavy atom. The average Bonchev–Trinajstić information content (AvgIpc) is 2.53. The lowest BCUT2D eigenvalue weighted by Gasteiger charge is -2.38. The maximum atomic E-state index is 14.1. The number of halogens is 9. The van der Waals surface area contributed by atoms with Crippen LogP contribution in [0.25, 0.3) is 0 Å². The number of ketones is 1. The first kappa shape index (κ1) is 20.6. The van der Waals surface area contributed by atoms with Crippen LogP contribution in [0.5, 0.6) is 0 Å². The minimum atomic E-state index is -6.99. The molecular weight excluding hydrogens is 379 g/mol. The Morgan fingerprint density at radius 3 is 2.04 bits per heavy atom. The number of aryl methyl sites for hydroxylation is 2. The summed E-state index contributed by atoms with van der Waals surface area (Å²) >= 11 is 0. The Morgan fingerprint density at radius 1 is 0.962 bits per heavy atom. The second-order valence-electron chi connectivity index (χ2n) is 6.07. The molecule has 0 amide bonds. The molecule has 0 saturated heterocycles. The van der Waals surface area contributed by atoms with Crippen LogP contribution in [-0.4, -0.2) is 29.7 Å². The highest BCUT2D eigenvalue weighted by Crippen LogP contribution is 2.56. The van der Waals surface area contributed by atoms with E-state index < -0.39 is 42.1 Å². The van der Waals surface area contributed by atoms with Gasteiger partial charge in [-0.1, -0.05) is 19.1 Å². The fourth-order valence-corrected chi connectivity index (χ4v) is 2.86. The van der Waals surface area contributed by atoms with E-state index in [1.54, 1.807) is 13.0 Å². The van der Waals surface area contributed by atoms with E-state index in [2.05, 4.69) is 0 Å². The van der Waals surface area contributed by atoms with Gasteiger partial charge in [-0.2, -0.15) is 39.5 Å². The first-order chi connectivity index (χ1) is 11.7. The van der Waals surface area contributed by atoms with E-state index >= 15 is 0 Å². The van der Waals surface area contributed by atoms with Gasteiger partial charge in [0, 0.05) is 5.56 Å². The van der Waals surface area contributed by atoms with E-state index in [9.17, 15) is 44.3 Å². The van der Waals surface area contributed by atoms with E-state index in [4.69, 9.17) is 0 Å². The van der Waals surface area contributed by atoms with Crippen molar-refractivity contribution in [1.29, 1.82) is 0 Å². The monoisotopic (exact) mass is 392 g/mol. The molecule has 1 unspecified atom stereocenters. The van der Waals surface area contributed by atoms with Crippen molar-refractivity contribution < 1.29 is 44.3 Å². The Bertz CT molecular complexity index is 706. The van der Waals surface area contributed by atoms with E-state index in [1.165, 1.54) is 12.1 Å². The van der Waals surface area contributed by atoms with Crippen LogP contribution < -0.4 is 0 Å². The summed E-state index contributed by atoms with van der Waals surface area (Å²) in [7, 11) is 0. The standard InChI is InChI=1S/C16H13F9O/c1-2-8-3-4-9-5-6-11(12(26)10(9)7-8)13(17,18)14(19,20)15(21,22)16(23,24)25/h3-4,7,11H,2,5-6H2,1H3. The lowest BCUT2D eigenvalue weighted by molar-refractivity contribution is -0.400. The first-order valence-corrected chi connectivity index (χ1v) is 7.54. The highest BCUT2D eigenvalue weighted by atomic mass is 19.4.